The Morgan fingerprint density at radius 1 is 0.778 bits per heavy atom. The topological polar surface area (TPSA) is 92.7 Å². The number of benzene rings is 2. The Kier molecular flexibility index (Phi) is 9.70. The number of ketones is 1. The van der Waals surface area contributed by atoms with Crippen molar-refractivity contribution in [2.45, 2.75) is 44.6 Å². The fourth-order valence-corrected chi connectivity index (χ4v) is 5.17. The van der Waals surface area contributed by atoms with Crippen LogP contribution in [0.4, 0.5) is 0 Å². The number of hydrogen-bond acceptors (Lipinski definition) is 8. The van der Waals surface area contributed by atoms with Crippen LogP contribution in [-0.2, 0) is 16.0 Å². The fraction of sp³-hybridized carbons (Fsp3) is 0.536. The third-order valence-electron chi connectivity index (χ3n) is 6.99. The van der Waals surface area contributed by atoms with Gasteiger partial charge in [0.2, 0.25) is 11.5 Å². The molecule has 198 valence electrons. The Morgan fingerprint density at radius 2 is 1.33 bits per heavy atom. The zero-order valence-corrected chi connectivity index (χ0v) is 22.1. The summed E-state index contributed by atoms with van der Waals surface area (Å²) >= 11 is 0. The summed E-state index contributed by atoms with van der Waals surface area (Å²) in [7, 11) is 9.32. The summed E-state index contributed by atoms with van der Waals surface area (Å²) < 4.78 is 33.1. The monoisotopic (exact) mass is 502 g/mol. The molecule has 0 amide bonds. The Morgan fingerprint density at radius 3 is 1.83 bits per heavy atom. The van der Waals surface area contributed by atoms with Gasteiger partial charge in [-0.25, -0.2) is 0 Å². The van der Waals surface area contributed by atoms with Crippen LogP contribution < -0.4 is 23.7 Å². The predicted octanol–water partition coefficient (Wildman–Crippen LogP) is 5.13. The molecule has 0 aliphatic heterocycles. The van der Waals surface area contributed by atoms with Gasteiger partial charge >= 0.3 is 0 Å². The molecule has 0 bridgehead atoms. The number of phenolic OH excluding ortho intramolecular Hbond substituents is 1. The van der Waals surface area contributed by atoms with E-state index in [1.807, 2.05) is 12.1 Å². The first kappa shape index (κ1) is 27.5. The number of ether oxygens (including phenoxy) is 6. The minimum Gasteiger partial charge on any atom is -0.502 e. The van der Waals surface area contributed by atoms with E-state index in [0.717, 1.165) is 43.2 Å². The molecule has 1 aliphatic carbocycles. The molecule has 3 unspecified atom stereocenters. The van der Waals surface area contributed by atoms with Crippen LogP contribution in [0, 0.1) is 11.8 Å². The zero-order valence-electron chi connectivity index (χ0n) is 22.1. The van der Waals surface area contributed by atoms with Crippen molar-refractivity contribution in [3.63, 3.8) is 0 Å². The molecular weight excluding hydrogens is 464 g/mol. The first-order valence-corrected chi connectivity index (χ1v) is 12.2. The Balaban J connectivity index is 1.96. The summed E-state index contributed by atoms with van der Waals surface area (Å²) in [5.74, 6) is 1.78. The maximum absolute atomic E-state index is 14.0. The van der Waals surface area contributed by atoms with Crippen molar-refractivity contribution in [3.8, 4) is 34.5 Å². The number of carbonyl (C=O) groups is 1. The van der Waals surface area contributed by atoms with Gasteiger partial charge in [0.05, 0.1) is 41.7 Å². The quantitative estimate of drug-likeness (QED) is 0.478. The lowest BCUT2D eigenvalue weighted by atomic mass is 9.76. The van der Waals surface area contributed by atoms with Crippen molar-refractivity contribution in [2.24, 2.45) is 11.8 Å². The highest BCUT2D eigenvalue weighted by Gasteiger charge is 2.36. The lowest BCUT2D eigenvalue weighted by Crippen LogP contribution is -2.32. The second-order valence-corrected chi connectivity index (χ2v) is 9.01. The molecule has 0 aromatic heterocycles. The number of aromatic hydroxyl groups is 1. The van der Waals surface area contributed by atoms with Crippen molar-refractivity contribution in [3.05, 3.63) is 35.4 Å². The number of phenols is 1. The normalized spacial score (nSPS) is 19.1. The summed E-state index contributed by atoms with van der Waals surface area (Å²) in [4.78, 5) is 14.0. The summed E-state index contributed by atoms with van der Waals surface area (Å²) in [5, 5.41) is 10.3. The second-order valence-electron chi connectivity index (χ2n) is 9.01. The third kappa shape index (κ3) is 5.81. The highest BCUT2D eigenvalue weighted by molar-refractivity contribution is 5.84. The van der Waals surface area contributed by atoms with Crippen LogP contribution in [0.3, 0.4) is 0 Å². The van der Waals surface area contributed by atoms with Crippen molar-refractivity contribution < 1.29 is 38.3 Å². The van der Waals surface area contributed by atoms with Gasteiger partial charge in [-0.3, -0.25) is 4.79 Å². The van der Waals surface area contributed by atoms with Gasteiger partial charge in [0, 0.05) is 18.9 Å². The van der Waals surface area contributed by atoms with Gasteiger partial charge in [-0.1, -0.05) is 19.3 Å². The number of Topliss-reactive ketones (excluding diaryl/α,β-unsaturated/α-hetero) is 1. The largest absolute Gasteiger partial charge is 0.502 e. The maximum Gasteiger partial charge on any atom is 0.203 e. The van der Waals surface area contributed by atoms with Gasteiger partial charge in [-0.15, -0.1) is 0 Å². The van der Waals surface area contributed by atoms with E-state index in [4.69, 9.17) is 28.4 Å². The Labute approximate surface area is 213 Å². The lowest BCUT2D eigenvalue weighted by Gasteiger charge is -2.31. The number of rotatable bonds is 10. The molecule has 2 aromatic rings. The molecule has 0 heterocycles. The second kappa shape index (κ2) is 12.7. The third-order valence-corrected chi connectivity index (χ3v) is 6.99. The summed E-state index contributed by atoms with van der Waals surface area (Å²) in [6.45, 7) is 0. The number of carbonyl (C=O) groups excluding carboxylic acids is 1. The first-order chi connectivity index (χ1) is 17.4. The number of methoxy groups -OCH3 is 6. The van der Waals surface area contributed by atoms with Crippen molar-refractivity contribution >= 4 is 5.78 Å². The van der Waals surface area contributed by atoms with Crippen LogP contribution in [0.1, 0.15) is 49.3 Å². The average molecular weight is 503 g/mol. The molecule has 0 spiro atoms. The Bertz CT molecular complexity index is 984. The molecule has 1 N–H and O–H groups in total. The van der Waals surface area contributed by atoms with Crippen molar-refractivity contribution in [1.29, 1.82) is 0 Å². The SMILES string of the molecule is COc1cc(CC2CCCCCC(C(OC)c3cc(OC)c(OC)c(OC)c3)C2=O)cc(OC)c1O. The molecule has 1 aliphatic rings. The van der Waals surface area contributed by atoms with Crippen LogP contribution in [-0.4, -0.2) is 53.5 Å². The van der Waals surface area contributed by atoms with E-state index >= 15 is 0 Å². The molecule has 36 heavy (non-hydrogen) atoms. The van der Waals surface area contributed by atoms with Gasteiger partial charge in [0.15, 0.2) is 23.0 Å². The van der Waals surface area contributed by atoms with E-state index in [2.05, 4.69) is 0 Å². The van der Waals surface area contributed by atoms with E-state index in [1.165, 1.54) is 14.2 Å². The minimum absolute atomic E-state index is 0.0486. The van der Waals surface area contributed by atoms with E-state index < -0.39 is 6.10 Å². The van der Waals surface area contributed by atoms with Crippen molar-refractivity contribution in [1.82, 2.24) is 0 Å². The fourth-order valence-electron chi connectivity index (χ4n) is 5.17. The number of hydrogen-bond donors (Lipinski definition) is 1. The molecule has 2 aromatic carbocycles. The smallest absolute Gasteiger partial charge is 0.203 e. The lowest BCUT2D eigenvalue weighted by molar-refractivity contribution is -0.132. The maximum atomic E-state index is 14.0. The molecule has 3 rings (SSSR count). The summed E-state index contributed by atoms with van der Waals surface area (Å²) in [6.07, 6.45) is 4.56. The van der Waals surface area contributed by atoms with Gasteiger partial charge in [-0.2, -0.15) is 0 Å². The molecule has 1 saturated carbocycles. The molecule has 0 saturated heterocycles. The highest BCUT2D eigenvalue weighted by atomic mass is 16.5. The van der Waals surface area contributed by atoms with E-state index in [1.54, 1.807) is 40.6 Å². The average Bonchev–Trinajstić information content (AvgIpc) is 2.90. The molecule has 8 nitrogen and oxygen atoms in total. The Hall–Kier alpha value is -3.13. The van der Waals surface area contributed by atoms with Crippen LogP contribution in [0.2, 0.25) is 0 Å². The molecule has 8 heteroatoms. The minimum atomic E-state index is -0.462. The van der Waals surface area contributed by atoms with Gasteiger partial charge in [-0.05, 0) is 54.7 Å². The molecular formula is C28H38O8. The predicted molar refractivity (Wildman–Crippen MR) is 136 cm³/mol. The van der Waals surface area contributed by atoms with Crippen LogP contribution >= 0.6 is 0 Å². The summed E-state index contributed by atoms with van der Waals surface area (Å²) in [6, 6.07) is 7.25. The van der Waals surface area contributed by atoms with E-state index in [-0.39, 0.29) is 23.4 Å². The van der Waals surface area contributed by atoms with E-state index in [9.17, 15) is 9.90 Å². The van der Waals surface area contributed by atoms with Crippen LogP contribution in [0.25, 0.3) is 0 Å². The van der Waals surface area contributed by atoms with Gasteiger partial charge in [0.25, 0.3) is 0 Å². The van der Waals surface area contributed by atoms with Crippen LogP contribution in [0.15, 0.2) is 24.3 Å². The highest BCUT2D eigenvalue weighted by Crippen LogP contribution is 2.44. The van der Waals surface area contributed by atoms with Crippen molar-refractivity contribution in [2.75, 3.05) is 42.7 Å². The molecule has 1 fully saturated rings. The van der Waals surface area contributed by atoms with Gasteiger partial charge in [0.1, 0.15) is 5.78 Å². The molecule has 0 radical (unpaired) electrons. The summed E-state index contributed by atoms with van der Waals surface area (Å²) in [5.41, 5.74) is 1.68. The zero-order chi connectivity index (χ0) is 26.2. The molecule has 3 atom stereocenters. The first-order valence-electron chi connectivity index (χ1n) is 12.2. The van der Waals surface area contributed by atoms with Crippen LogP contribution in [0.5, 0.6) is 34.5 Å². The standard InChI is InChI=1S/C28H38O8/c1-31-21-13-17(14-22(32-2)26(21)30)12-18-10-8-7-9-11-20(25(18)29)27(35-5)19-15-23(33-3)28(36-6)24(16-19)34-4/h13-16,18,20,27,30H,7-12H2,1-6H3. The van der Waals surface area contributed by atoms with Gasteiger partial charge < -0.3 is 33.5 Å². The van der Waals surface area contributed by atoms with E-state index in [0.29, 0.717) is 35.2 Å².